The summed E-state index contributed by atoms with van der Waals surface area (Å²) in [5.74, 6) is 0. The van der Waals surface area contributed by atoms with Gasteiger partial charge in [0.05, 0.1) is 0 Å². The van der Waals surface area contributed by atoms with Gasteiger partial charge in [-0.2, -0.15) is 41.0 Å². The first-order valence-corrected chi connectivity index (χ1v) is 16.3. The zero-order valence-electron chi connectivity index (χ0n) is 25.0. The van der Waals surface area contributed by atoms with Crippen molar-refractivity contribution in [3.63, 3.8) is 0 Å². The Kier molecular flexibility index (Phi) is 11.8. The summed E-state index contributed by atoms with van der Waals surface area (Å²) in [6.45, 7) is 24.2. The number of rotatable bonds is 5. The summed E-state index contributed by atoms with van der Waals surface area (Å²) in [5.41, 5.74) is 4.93. The van der Waals surface area contributed by atoms with Gasteiger partial charge in [-0.05, 0) is 54.5 Å². The Bertz CT molecular complexity index is 868. The van der Waals surface area contributed by atoms with Crippen molar-refractivity contribution in [2.45, 2.75) is 127 Å². The van der Waals surface area contributed by atoms with Crippen LogP contribution < -0.4 is 10.6 Å². The largest absolute Gasteiger partial charge is 2.00 e. The SMILES string of the molecule is CC(C)(C)c1cc(CP(C(C)(C)C)C(C)(C)C)c(C(P)(C2CCCN2)C2CCCN2)[cH-]1.[Fe+2].c1cc[cH-]c1. The maximum atomic E-state index is 3.91. The van der Waals surface area contributed by atoms with Gasteiger partial charge < -0.3 is 10.6 Å². The molecule has 2 nitrogen and oxygen atoms in total. The molecule has 0 saturated carbocycles. The van der Waals surface area contributed by atoms with Gasteiger partial charge in [-0.1, -0.05) is 68.5 Å². The van der Waals surface area contributed by atoms with Crippen molar-refractivity contribution in [2.75, 3.05) is 13.1 Å². The van der Waals surface area contributed by atoms with Crippen molar-refractivity contribution in [3.05, 3.63) is 59.2 Å². The molecule has 3 unspecified atom stereocenters. The van der Waals surface area contributed by atoms with Crippen molar-refractivity contribution in [3.8, 4) is 0 Å². The molecule has 5 heteroatoms. The monoisotopic (exact) mass is 584 g/mol. The maximum Gasteiger partial charge on any atom is 2.00 e. The van der Waals surface area contributed by atoms with Crippen LogP contribution in [0.25, 0.3) is 0 Å². The van der Waals surface area contributed by atoms with Gasteiger partial charge in [0.2, 0.25) is 0 Å². The van der Waals surface area contributed by atoms with Crippen LogP contribution in [0, 0.1) is 0 Å². The molecule has 2 aliphatic rings. The van der Waals surface area contributed by atoms with Gasteiger partial charge >= 0.3 is 17.1 Å². The summed E-state index contributed by atoms with van der Waals surface area (Å²) in [5, 5.41) is 8.56. The fourth-order valence-electron chi connectivity index (χ4n) is 6.30. The maximum absolute atomic E-state index is 3.91. The van der Waals surface area contributed by atoms with Crippen LogP contribution in [0.4, 0.5) is 0 Å². The van der Waals surface area contributed by atoms with Gasteiger partial charge in [0.1, 0.15) is 0 Å². The molecule has 2 N–H and O–H groups in total. The standard InChI is InChI=1S/C27H49N2P2.C5H5.Fe/c1-24(2,3)20-16-19(18-31(25(4,5)6)26(7,8)9)21(17-20)27(30,22-12-10-14-28-22)23-13-11-15-29-23;1-2-4-5-3-1;/h16-17,22-23,28-29H,10-15,18,30H2,1-9H3;1-5H;/q2*-1;+2. The Balaban J connectivity index is 0.000000716. The van der Waals surface area contributed by atoms with E-state index in [9.17, 15) is 0 Å². The Labute approximate surface area is 243 Å². The molecule has 37 heavy (non-hydrogen) atoms. The molecule has 2 aromatic rings. The van der Waals surface area contributed by atoms with E-state index >= 15 is 0 Å². The predicted molar refractivity (Wildman–Crippen MR) is 166 cm³/mol. The normalized spacial score (nSPS) is 22.4. The van der Waals surface area contributed by atoms with Crippen molar-refractivity contribution in [1.82, 2.24) is 10.6 Å². The second kappa shape index (κ2) is 13.1. The molecule has 0 aromatic heterocycles. The van der Waals surface area contributed by atoms with Crippen molar-refractivity contribution in [2.24, 2.45) is 0 Å². The van der Waals surface area contributed by atoms with Gasteiger partial charge in [-0.3, -0.25) is 0 Å². The molecule has 210 valence electrons. The van der Waals surface area contributed by atoms with Crippen LogP contribution in [0.5, 0.6) is 0 Å². The first-order chi connectivity index (χ1) is 16.6. The van der Waals surface area contributed by atoms with Crippen LogP contribution in [-0.2, 0) is 33.8 Å². The molecule has 2 saturated heterocycles. The van der Waals surface area contributed by atoms with E-state index in [2.05, 4.69) is 94.3 Å². The van der Waals surface area contributed by atoms with E-state index in [1.54, 1.807) is 11.1 Å². The molecule has 2 aliphatic heterocycles. The Morgan fingerprint density at radius 1 is 0.865 bits per heavy atom. The van der Waals surface area contributed by atoms with E-state index in [4.69, 9.17) is 0 Å². The van der Waals surface area contributed by atoms with Gasteiger partial charge in [0.25, 0.3) is 0 Å². The van der Waals surface area contributed by atoms with Gasteiger partial charge in [0.15, 0.2) is 0 Å². The van der Waals surface area contributed by atoms with Gasteiger partial charge in [-0.25, -0.2) is 18.2 Å². The molecule has 2 heterocycles. The zero-order chi connectivity index (χ0) is 26.8. The third kappa shape index (κ3) is 8.26. The summed E-state index contributed by atoms with van der Waals surface area (Å²) >= 11 is 0. The molecule has 4 rings (SSSR count). The van der Waals surface area contributed by atoms with Crippen molar-refractivity contribution < 1.29 is 17.1 Å². The Hall–Kier alpha value is -0.000519. The molecule has 3 atom stereocenters. The van der Waals surface area contributed by atoms with Crippen molar-refractivity contribution in [1.29, 1.82) is 0 Å². The predicted octanol–water partition coefficient (Wildman–Crippen LogP) is 8.26. The molecule has 2 aromatic carbocycles. The molecule has 2 fully saturated rings. The third-order valence-electron chi connectivity index (χ3n) is 8.09. The molecule has 0 aliphatic carbocycles. The van der Waals surface area contributed by atoms with Crippen LogP contribution in [0.3, 0.4) is 0 Å². The van der Waals surface area contributed by atoms with Crippen molar-refractivity contribution >= 4 is 17.2 Å². The topological polar surface area (TPSA) is 24.1 Å². The zero-order valence-corrected chi connectivity index (χ0v) is 28.2. The Morgan fingerprint density at radius 2 is 1.35 bits per heavy atom. The van der Waals surface area contributed by atoms with E-state index in [-0.39, 0.29) is 35.6 Å². The van der Waals surface area contributed by atoms with E-state index < -0.39 is 0 Å². The van der Waals surface area contributed by atoms with E-state index in [0.29, 0.717) is 22.4 Å². The number of hydrogen-bond acceptors (Lipinski definition) is 2. The van der Waals surface area contributed by atoms with E-state index in [1.807, 2.05) is 30.3 Å². The number of nitrogens with one attached hydrogen (secondary N) is 2. The smallest absolute Gasteiger partial charge is 0.313 e. The van der Waals surface area contributed by atoms with Crippen LogP contribution >= 0.6 is 17.2 Å². The van der Waals surface area contributed by atoms with Crippen LogP contribution in [0.15, 0.2) is 42.5 Å². The molecule has 0 spiro atoms. The number of hydrogen-bond donors (Lipinski definition) is 2. The minimum Gasteiger partial charge on any atom is -0.313 e. The quantitative estimate of drug-likeness (QED) is 0.210. The van der Waals surface area contributed by atoms with Gasteiger partial charge in [-0.15, -0.1) is 17.2 Å². The summed E-state index contributed by atoms with van der Waals surface area (Å²) in [7, 11) is 3.23. The molecular weight excluding hydrogens is 530 g/mol. The fraction of sp³-hybridized carbons (Fsp3) is 0.688. The summed E-state index contributed by atoms with van der Waals surface area (Å²) in [6, 6.07) is 16.3. The first kappa shape index (κ1) is 33.2. The van der Waals surface area contributed by atoms with Crippen LogP contribution in [0.1, 0.15) is 105 Å². The van der Waals surface area contributed by atoms with Gasteiger partial charge in [0, 0.05) is 17.2 Å². The average molecular weight is 585 g/mol. The van der Waals surface area contributed by atoms with Crippen LogP contribution in [0.2, 0.25) is 0 Å². The fourth-order valence-corrected chi connectivity index (χ4v) is 10.7. The molecule has 0 radical (unpaired) electrons. The van der Waals surface area contributed by atoms with E-state index in [1.165, 1.54) is 37.4 Å². The van der Waals surface area contributed by atoms with E-state index in [0.717, 1.165) is 13.1 Å². The van der Waals surface area contributed by atoms with Crippen LogP contribution in [-0.4, -0.2) is 35.5 Å². The summed E-state index contributed by atoms with van der Waals surface area (Å²) < 4.78 is 0. The third-order valence-corrected chi connectivity index (χ3v) is 13.1. The second-order valence-electron chi connectivity index (χ2n) is 14.1. The first-order valence-electron chi connectivity index (χ1n) is 14.2. The minimum absolute atomic E-state index is 0. The summed E-state index contributed by atoms with van der Waals surface area (Å²) in [4.78, 5) is 0. The molecular formula is C32H54FeN2P2. The second-order valence-corrected chi connectivity index (χ2v) is 18.9. The minimum atomic E-state index is -0.179. The summed E-state index contributed by atoms with van der Waals surface area (Å²) in [6.07, 6.45) is 6.39. The average Bonchev–Trinajstić information content (AvgIpc) is 3.57. The Morgan fingerprint density at radius 3 is 1.68 bits per heavy atom. The molecule has 0 amide bonds. The molecule has 0 bridgehead atoms.